The van der Waals surface area contributed by atoms with E-state index in [1.165, 1.54) is 12.3 Å². The quantitative estimate of drug-likeness (QED) is 0.803. The summed E-state index contributed by atoms with van der Waals surface area (Å²) < 4.78 is 28.7. The monoisotopic (exact) mass is 390 g/mol. The number of rotatable bonds is 6. The third-order valence-corrected chi connectivity index (χ3v) is 6.20. The molecule has 0 radical (unpaired) electrons. The smallest absolute Gasteiger partial charge is 0.272 e. The van der Waals surface area contributed by atoms with E-state index in [9.17, 15) is 13.2 Å². The third-order valence-electron chi connectivity index (χ3n) is 4.45. The Morgan fingerprint density at radius 3 is 2.85 bits per heavy atom. The van der Waals surface area contributed by atoms with E-state index >= 15 is 0 Å². The van der Waals surface area contributed by atoms with Crippen LogP contribution in [0.25, 0.3) is 0 Å². The molecule has 1 aromatic carbocycles. The summed E-state index contributed by atoms with van der Waals surface area (Å²) in [6.45, 7) is 2.25. The van der Waals surface area contributed by atoms with Crippen molar-refractivity contribution in [1.82, 2.24) is 14.9 Å². The molecule has 0 saturated carbocycles. The maximum Gasteiger partial charge on any atom is 0.272 e. The van der Waals surface area contributed by atoms with E-state index in [4.69, 9.17) is 4.74 Å². The number of aromatic nitrogens is 2. The van der Waals surface area contributed by atoms with E-state index in [0.29, 0.717) is 18.7 Å². The van der Waals surface area contributed by atoms with Crippen molar-refractivity contribution in [1.29, 1.82) is 0 Å². The zero-order chi connectivity index (χ0) is 19.4. The van der Waals surface area contributed by atoms with Crippen LogP contribution >= 0.6 is 0 Å². The van der Waals surface area contributed by atoms with E-state index in [2.05, 4.69) is 15.3 Å². The van der Waals surface area contributed by atoms with Gasteiger partial charge >= 0.3 is 0 Å². The van der Waals surface area contributed by atoms with Crippen molar-refractivity contribution in [2.45, 2.75) is 19.4 Å². The minimum absolute atomic E-state index is 0.00653. The zero-order valence-electron chi connectivity index (χ0n) is 15.3. The number of anilines is 2. The lowest BCUT2D eigenvalue weighted by atomic mass is 10.2. The normalized spacial score (nSPS) is 18.1. The van der Waals surface area contributed by atoms with Gasteiger partial charge in [-0.25, -0.2) is 18.4 Å². The Kier molecular flexibility index (Phi) is 5.59. The van der Waals surface area contributed by atoms with Crippen molar-refractivity contribution >= 4 is 27.4 Å². The van der Waals surface area contributed by atoms with Gasteiger partial charge in [-0.2, -0.15) is 0 Å². The largest absolute Gasteiger partial charge is 0.497 e. The number of benzene rings is 1. The fraction of sp³-hybridized carbons (Fsp3) is 0.389. The van der Waals surface area contributed by atoms with Crippen LogP contribution in [-0.4, -0.2) is 60.4 Å². The predicted octanol–water partition coefficient (Wildman–Crippen LogP) is 1.88. The lowest BCUT2D eigenvalue weighted by Crippen LogP contribution is -2.41. The van der Waals surface area contributed by atoms with Crippen molar-refractivity contribution in [2.24, 2.45) is 0 Å². The zero-order valence-corrected chi connectivity index (χ0v) is 16.1. The minimum atomic E-state index is -3.07. The van der Waals surface area contributed by atoms with Gasteiger partial charge in [0.15, 0.2) is 9.84 Å². The average molecular weight is 390 g/mol. The molecule has 1 atom stereocenters. The predicted molar refractivity (Wildman–Crippen MR) is 102 cm³/mol. The second kappa shape index (κ2) is 7.91. The van der Waals surface area contributed by atoms with E-state index < -0.39 is 9.84 Å². The molecule has 1 N–H and O–H groups in total. The summed E-state index contributed by atoms with van der Waals surface area (Å²) in [5, 5.41) is 3.04. The maximum absolute atomic E-state index is 12.9. The SMILES string of the molecule is CCN(C(=O)c1ccnc(Nc2cccc(OC)c2)n1)C1CCS(=O)(=O)C1. The Morgan fingerprint density at radius 2 is 2.19 bits per heavy atom. The molecule has 9 heteroatoms. The standard InChI is InChI=1S/C18H22N4O4S/c1-3-22(14-8-10-27(24,25)12-14)17(23)16-7-9-19-18(21-16)20-13-5-4-6-15(11-13)26-2/h4-7,9,11,14H,3,8,10,12H2,1-2H3,(H,19,20,21). The summed E-state index contributed by atoms with van der Waals surface area (Å²) >= 11 is 0. The van der Waals surface area contributed by atoms with Crippen molar-refractivity contribution in [3.63, 3.8) is 0 Å². The first-order valence-corrected chi connectivity index (χ1v) is 10.5. The van der Waals surface area contributed by atoms with E-state index in [-0.39, 0.29) is 35.1 Å². The maximum atomic E-state index is 12.9. The number of carbonyl (C=O) groups excluding carboxylic acids is 1. The lowest BCUT2D eigenvalue weighted by Gasteiger charge is -2.26. The van der Waals surface area contributed by atoms with Crippen molar-refractivity contribution in [3.8, 4) is 5.75 Å². The van der Waals surface area contributed by atoms with Crippen molar-refractivity contribution in [2.75, 3.05) is 30.5 Å². The molecule has 144 valence electrons. The molecule has 0 aliphatic carbocycles. The average Bonchev–Trinajstić information content (AvgIpc) is 3.02. The van der Waals surface area contributed by atoms with Crippen LogP contribution in [0.4, 0.5) is 11.6 Å². The molecule has 0 bridgehead atoms. The Bertz CT molecular complexity index is 932. The number of hydrogen-bond acceptors (Lipinski definition) is 7. The molecule has 0 spiro atoms. The number of nitrogens with zero attached hydrogens (tertiary/aromatic N) is 3. The topological polar surface area (TPSA) is 101 Å². The van der Waals surface area contributed by atoms with Gasteiger partial charge in [0.05, 0.1) is 18.6 Å². The number of methoxy groups -OCH3 is 1. The minimum Gasteiger partial charge on any atom is -0.497 e. The first-order valence-electron chi connectivity index (χ1n) is 8.67. The van der Waals surface area contributed by atoms with Crippen LogP contribution in [0.5, 0.6) is 5.75 Å². The molecule has 1 aliphatic heterocycles. The van der Waals surface area contributed by atoms with Gasteiger partial charge in [0.2, 0.25) is 5.95 Å². The number of sulfone groups is 1. The molecule has 1 aromatic heterocycles. The molecule has 3 rings (SSSR count). The summed E-state index contributed by atoms with van der Waals surface area (Å²) in [6.07, 6.45) is 1.96. The molecular weight excluding hydrogens is 368 g/mol. The third kappa shape index (κ3) is 4.54. The van der Waals surface area contributed by atoms with Gasteiger partial charge in [-0.15, -0.1) is 0 Å². The van der Waals surface area contributed by atoms with E-state index in [1.807, 2.05) is 25.1 Å². The summed E-state index contributed by atoms with van der Waals surface area (Å²) in [7, 11) is -1.49. The number of carbonyl (C=O) groups is 1. The van der Waals surface area contributed by atoms with Crippen LogP contribution in [-0.2, 0) is 9.84 Å². The van der Waals surface area contributed by atoms with Gasteiger partial charge in [-0.1, -0.05) is 6.07 Å². The molecule has 27 heavy (non-hydrogen) atoms. The second-order valence-electron chi connectivity index (χ2n) is 6.27. The number of hydrogen-bond donors (Lipinski definition) is 1. The Labute approximate surface area is 158 Å². The van der Waals surface area contributed by atoms with Gasteiger partial charge in [-0.05, 0) is 31.5 Å². The molecule has 1 amide bonds. The van der Waals surface area contributed by atoms with Crippen LogP contribution in [0.1, 0.15) is 23.8 Å². The molecular formula is C18H22N4O4S. The molecule has 1 fully saturated rings. The molecule has 1 saturated heterocycles. The first kappa shape index (κ1) is 19.1. The molecule has 2 aromatic rings. The lowest BCUT2D eigenvalue weighted by molar-refractivity contribution is 0.0702. The Morgan fingerprint density at radius 1 is 1.37 bits per heavy atom. The van der Waals surface area contributed by atoms with E-state index in [1.54, 1.807) is 18.1 Å². The summed E-state index contributed by atoms with van der Waals surface area (Å²) in [5.41, 5.74) is 0.953. The number of nitrogens with one attached hydrogen (secondary N) is 1. The highest BCUT2D eigenvalue weighted by Crippen LogP contribution is 2.21. The van der Waals surface area contributed by atoms with Crippen LogP contribution in [0, 0.1) is 0 Å². The highest BCUT2D eigenvalue weighted by atomic mass is 32.2. The molecule has 2 heterocycles. The number of ether oxygens (including phenoxy) is 1. The second-order valence-corrected chi connectivity index (χ2v) is 8.50. The Balaban J connectivity index is 1.78. The highest BCUT2D eigenvalue weighted by Gasteiger charge is 2.34. The molecule has 1 aliphatic rings. The van der Waals surface area contributed by atoms with Crippen LogP contribution < -0.4 is 10.1 Å². The van der Waals surface area contributed by atoms with Crippen LogP contribution in [0.3, 0.4) is 0 Å². The van der Waals surface area contributed by atoms with Gasteiger partial charge in [0.25, 0.3) is 5.91 Å². The molecule has 1 unspecified atom stereocenters. The summed E-state index contributed by atoms with van der Waals surface area (Å²) in [5.74, 6) is 0.798. The fourth-order valence-corrected chi connectivity index (χ4v) is 4.83. The summed E-state index contributed by atoms with van der Waals surface area (Å²) in [6, 6.07) is 8.50. The van der Waals surface area contributed by atoms with Gasteiger partial charge in [0.1, 0.15) is 11.4 Å². The fourth-order valence-electron chi connectivity index (χ4n) is 3.10. The van der Waals surface area contributed by atoms with Crippen molar-refractivity contribution < 1.29 is 17.9 Å². The first-order chi connectivity index (χ1) is 12.9. The van der Waals surface area contributed by atoms with Gasteiger partial charge in [0, 0.05) is 30.5 Å². The summed E-state index contributed by atoms with van der Waals surface area (Å²) in [4.78, 5) is 22.9. The number of amides is 1. The van der Waals surface area contributed by atoms with Gasteiger partial charge in [-0.3, -0.25) is 4.79 Å². The molecule has 8 nitrogen and oxygen atoms in total. The Hall–Kier alpha value is -2.68. The van der Waals surface area contributed by atoms with E-state index in [0.717, 1.165) is 5.69 Å². The highest BCUT2D eigenvalue weighted by molar-refractivity contribution is 7.91. The van der Waals surface area contributed by atoms with Crippen LogP contribution in [0.2, 0.25) is 0 Å². The van der Waals surface area contributed by atoms with Crippen molar-refractivity contribution in [3.05, 3.63) is 42.2 Å². The van der Waals surface area contributed by atoms with Gasteiger partial charge < -0.3 is 15.0 Å². The van der Waals surface area contributed by atoms with Crippen LogP contribution in [0.15, 0.2) is 36.5 Å².